The number of halogens is 1. The molecule has 2 aromatic carbocycles. The van der Waals surface area contributed by atoms with Crippen molar-refractivity contribution in [2.24, 2.45) is 0 Å². The van der Waals surface area contributed by atoms with E-state index < -0.39 is 0 Å². The minimum atomic E-state index is -0.273. The summed E-state index contributed by atoms with van der Waals surface area (Å²) >= 11 is 7.38. The van der Waals surface area contributed by atoms with Crippen molar-refractivity contribution < 1.29 is 4.79 Å². The number of H-pyrrole nitrogens is 1. The standard InChI is InChI=1S/C21H20ClN3O2S/c1-14-5-7-15(8-6-14)12-23-19(26)10-18-11-20(27)25-21(24-18)28-13-16-3-2-4-17(22)9-16/h2-9,11H,10,12-13H2,1H3,(H,23,26)(H,24,25,27). The van der Waals surface area contributed by atoms with Crippen molar-refractivity contribution >= 4 is 29.3 Å². The van der Waals surface area contributed by atoms with Crippen LogP contribution in [0.4, 0.5) is 0 Å². The van der Waals surface area contributed by atoms with Crippen molar-refractivity contribution in [2.45, 2.75) is 30.8 Å². The largest absolute Gasteiger partial charge is 0.352 e. The fraction of sp³-hybridized carbons (Fsp3) is 0.190. The smallest absolute Gasteiger partial charge is 0.251 e. The molecule has 0 saturated carbocycles. The van der Waals surface area contributed by atoms with Gasteiger partial charge in [-0.05, 0) is 30.2 Å². The summed E-state index contributed by atoms with van der Waals surface area (Å²) in [6.07, 6.45) is 0.0561. The lowest BCUT2D eigenvalue weighted by Crippen LogP contribution is -2.25. The maximum absolute atomic E-state index is 12.2. The number of hydrogen-bond acceptors (Lipinski definition) is 4. The van der Waals surface area contributed by atoms with Gasteiger partial charge < -0.3 is 10.3 Å². The molecule has 1 amide bonds. The van der Waals surface area contributed by atoms with E-state index in [0.717, 1.165) is 11.1 Å². The second-order valence-electron chi connectivity index (χ2n) is 6.40. The highest BCUT2D eigenvalue weighted by atomic mass is 35.5. The van der Waals surface area contributed by atoms with E-state index in [-0.39, 0.29) is 17.9 Å². The topological polar surface area (TPSA) is 74.8 Å². The Morgan fingerprint density at radius 2 is 1.93 bits per heavy atom. The molecule has 0 bridgehead atoms. The number of thioether (sulfide) groups is 1. The molecule has 0 radical (unpaired) electrons. The first kappa shape index (κ1) is 20.2. The Labute approximate surface area is 172 Å². The molecule has 0 aliphatic heterocycles. The van der Waals surface area contributed by atoms with Gasteiger partial charge in [0.2, 0.25) is 5.91 Å². The summed E-state index contributed by atoms with van der Waals surface area (Å²) in [5.74, 6) is 0.441. The lowest BCUT2D eigenvalue weighted by Gasteiger charge is -2.07. The summed E-state index contributed by atoms with van der Waals surface area (Å²) in [7, 11) is 0. The average molecular weight is 414 g/mol. The summed E-state index contributed by atoms with van der Waals surface area (Å²) in [5, 5.41) is 4.00. The average Bonchev–Trinajstić information content (AvgIpc) is 2.66. The number of aromatic nitrogens is 2. The molecule has 0 fully saturated rings. The zero-order valence-corrected chi connectivity index (χ0v) is 16.9. The van der Waals surface area contributed by atoms with Crippen LogP contribution in [0.25, 0.3) is 0 Å². The van der Waals surface area contributed by atoms with Crippen molar-refractivity contribution in [3.8, 4) is 0 Å². The van der Waals surface area contributed by atoms with Gasteiger partial charge in [0, 0.05) is 23.4 Å². The fourth-order valence-electron chi connectivity index (χ4n) is 2.55. The minimum absolute atomic E-state index is 0.0561. The number of aromatic amines is 1. The number of amides is 1. The molecule has 7 heteroatoms. The third-order valence-corrected chi connectivity index (χ3v) is 5.17. The number of aryl methyl sites for hydroxylation is 1. The number of nitrogens with one attached hydrogen (secondary N) is 2. The molecule has 0 aliphatic carbocycles. The molecule has 2 N–H and O–H groups in total. The van der Waals surface area contributed by atoms with E-state index in [0.29, 0.717) is 28.2 Å². The molecule has 0 atom stereocenters. The van der Waals surface area contributed by atoms with Gasteiger partial charge in [0.15, 0.2) is 5.16 Å². The van der Waals surface area contributed by atoms with Gasteiger partial charge in [0.05, 0.1) is 12.1 Å². The van der Waals surface area contributed by atoms with Crippen molar-refractivity contribution in [3.63, 3.8) is 0 Å². The van der Waals surface area contributed by atoms with Crippen LogP contribution < -0.4 is 10.9 Å². The third kappa shape index (κ3) is 6.25. The Morgan fingerprint density at radius 3 is 2.68 bits per heavy atom. The van der Waals surface area contributed by atoms with E-state index in [1.54, 1.807) is 0 Å². The zero-order valence-electron chi connectivity index (χ0n) is 15.4. The van der Waals surface area contributed by atoms with Crippen LogP contribution in [0.1, 0.15) is 22.4 Å². The Kier molecular flexibility index (Phi) is 6.90. The molecule has 5 nitrogen and oxygen atoms in total. The molecule has 28 heavy (non-hydrogen) atoms. The highest BCUT2D eigenvalue weighted by molar-refractivity contribution is 7.98. The highest BCUT2D eigenvalue weighted by Gasteiger charge is 2.08. The van der Waals surface area contributed by atoms with Crippen molar-refractivity contribution in [1.82, 2.24) is 15.3 Å². The van der Waals surface area contributed by atoms with Gasteiger partial charge >= 0.3 is 0 Å². The number of carbonyl (C=O) groups is 1. The van der Waals surface area contributed by atoms with E-state index in [4.69, 9.17) is 11.6 Å². The first-order valence-corrected chi connectivity index (χ1v) is 10.1. The maximum atomic E-state index is 12.2. The van der Waals surface area contributed by atoms with E-state index in [2.05, 4.69) is 15.3 Å². The SMILES string of the molecule is Cc1ccc(CNC(=O)Cc2cc(=O)[nH]c(SCc3cccc(Cl)c3)n2)cc1. The second-order valence-corrected chi connectivity index (χ2v) is 7.80. The number of benzene rings is 2. The zero-order chi connectivity index (χ0) is 19.9. The van der Waals surface area contributed by atoms with Crippen LogP contribution in [-0.4, -0.2) is 15.9 Å². The Bertz CT molecular complexity index is 1020. The van der Waals surface area contributed by atoms with Crippen LogP contribution in [0.15, 0.2) is 64.5 Å². The Balaban J connectivity index is 1.58. The molecule has 3 rings (SSSR count). The molecule has 0 spiro atoms. The van der Waals surface area contributed by atoms with Crippen molar-refractivity contribution in [1.29, 1.82) is 0 Å². The lowest BCUT2D eigenvalue weighted by atomic mass is 10.1. The molecular formula is C21H20ClN3O2S. The Morgan fingerprint density at radius 1 is 1.14 bits per heavy atom. The van der Waals surface area contributed by atoms with Gasteiger partial charge in [-0.15, -0.1) is 0 Å². The van der Waals surface area contributed by atoms with Gasteiger partial charge in [-0.25, -0.2) is 4.98 Å². The van der Waals surface area contributed by atoms with Gasteiger partial charge in [0.25, 0.3) is 5.56 Å². The predicted molar refractivity (Wildman–Crippen MR) is 113 cm³/mol. The van der Waals surface area contributed by atoms with E-state index >= 15 is 0 Å². The second kappa shape index (κ2) is 9.57. The quantitative estimate of drug-likeness (QED) is 0.455. The number of hydrogen-bond donors (Lipinski definition) is 2. The van der Waals surface area contributed by atoms with Gasteiger partial charge in [-0.2, -0.15) is 0 Å². The van der Waals surface area contributed by atoms with Gasteiger partial charge in [0.1, 0.15) is 0 Å². The first-order chi connectivity index (χ1) is 13.5. The van der Waals surface area contributed by atoms with Crippen LogP contribution in [0, 0.1) is 6.92 Å². The van der Waals surface area contributed by atoms with E-state index in [1.165, 1.54) is 23.4 Å². The summed E-state index contributed by atoms with van der Waals surface area (Å²) in [6.45, 7) is 2.46. The fourth-order valence-corrected chi connectivity index (χ4v) is 3.60. The molecule has 1 heterocycles. The lowest BCUT2D eigenvalue weighted by molar-refractivity contribution is -0.120. The van der Waals surface area contributed by atoms with Crippen molar-refractivity contribution in [2.75, 3.05) is 0 Å². The first-order valence-electron chi connectivity index (χ1n) is 8.78. The monoisotopic (exact) mass is 413 g/mol. The predicted octanol–water partition coefficient (Wildman–Crippen LogP) is 3.88. The molecule has 0 unspecified atom stereocenters. The molecular weight excluding hydrogens is 394 g/mol. The summed E-state index contributed by atoms with van der Waals surface area (Å²) < 4.78 is 0. The third-order valence-electron chi connectivity index (χ3n) is 3.99. The van der Waals surface area contributed by atoms with Crippen LogP contribution in [0.3, 0.4) is 0 Å². The van der Waals surface area contributed by atoms with Gasteiger partial charge in [-0.1, -0.05) is 65.3 Å². The molecule has 0 saturated heterocycles. The molecule has 1 aromatic heterocycles. The molecule has 3 aromatic rings. The van der Waals surface area contributed by atoms with Gasteiger partial charge in [-0.3, -0.25) is 9.59 Å². The highest BCUT2D eigenvalue weighted by Crippen LogP contribution is 2.20. The normalized spacial score (nSPS) is 10.6. The van der Waals surface area contributed by atoms with Crippen LogP contribution >= 0.6 is 23.4 Å². The van der Waals surface area contributed by atoms with Crippen molar-refractivity contribution in [3.05, 3.63) is 92.4 Å². The number of carbonyl (C=O) groups excluding carboxylic acids is 1. The van der Waals surface area contributed by atoms with Crippen LogP contribution in [0.5, 0.6) is 0 Å². The molecule has 0 aliphatic rings. The summed E-state index contributed by atoms with van der Waals surface area (Å²) in [4.78, 5) is 31.2. The summed E-state index contributed by atoms with van der Waals surface area (Å²) in [6, 6.07) is 16.8. The minimum Gasteiger partial charge on any atom is -0.352 e. The number of nitrogens with zero attached hydrogens (tertiary/aromatic N) is 1. The summed E-state index contributed by atoms with van der Waals surface area (Å²) in [5.41, 5.74) is 3.39. The van der Waals surface area contributed by atoms with E-state index in [9.17, 15) is 9.59 Å². The van der Waals surface area contributed by atoms with Crippen LogP contribution in [0.2, 0.25) is 5.02 Å². The van der Waals surface area contributed by atoms with Crippen LogP contribution in [-0.2, 0) is 23.5 Å². The molecule has 144 valence electrons. The maximum Gasteiger partial charge on any atom is 0.251 e. The van der Waals surface area contributed by atoms with E-state index in [1.807, 2.05) is 55.5 Å². The number of rotatable bonds is 7. The Hall–Kier alpha value is -2.57.